The Kier molecular flexibility index (Phi) is 7.89. The Balaban J connectivity index is 1.33. The van der Waals surface area contributed by atoms with Crippen molar-refractivity contribution < 1.29 is 14.3 Å². The summed E-state index contributed by atoms with van der Waals surface area (Å²) in [6, 6.07) is 16.2. The molecule has 0 N–H and O–H groups in total. The lowest BCUT2D eigenvalue weighted by Crippen LogP contribution is -2.50. The van der Waals surface area contributed by atoms with Crippen LogP contribution in [0.1, 0.15) is 36.0 Å². The van der Waals surface area contributed by atoms with Gasteiger partial charge in [-0.05, 0) is 43.9 Å². The van der Waals surface area contributed by atoms with E-state index in [9.17, 15) is 9.59 Å². The van der Waals surface area contributed by atoms with Crippen molar-refractivity contribution in [2.75, 3.05) is 32.8 Å². The van der Waals surface area contributed by atoms with Gasteiger partial charge in [0.05, 0.1) is 6.61 Å². The van der Waals surface area contributed by atoms with Crippen LogP contribution in [0.15, 0.2) is 48.5 Å². The van der Waals surface area contributed by atoms with Crippen LogP contribution in [0.2, 0.25) is 0 Å². The predicted octanol–water partition coefficient (Wildman–Crippen LogP) is 3.77. The summed E-state index contributed by atoms with van der Waals surface area (Å²) in [5.41, 5.74) is 3.52. The predicted molar refractivity (Wildman–Crippen MR) is 119 cm³/mol. The number of piperazine rings is 1. The number of hydrogen-bond acceptors (Lipinski definition) is 3. The third-order valence-corrected chi connectivity index (χ3v) is 5.62. The Morgan fingerprint density at radius 1 is 0.833 bits per heavy atom. The summed E-state index contributed by atoms with van der Waals surface area (Å²) < 4.78 is 5.77. The molecule has 1 aliphatic rings. The molecule has 0 radical (unpaired) electrons. The van der Waals surface area contributed by atoms with Gasteiger partial charge in [-0.2, -0.15) is 0 Å². The molecule has 1 saturated heterocycles. The highest BCUT2D eigenvalue weighted by Crippen LogP contribution is 2.16. The lowest BCUT2D eigenvalue weighted by Gasteiger charge is -2.35. The average Bonchev–Trinajstić information content (AvgIpc) is 2.77. The van der Waals surface area contributed by atoms with Crippen molar-refractivity contribution in [3.8, 4) is 5.75 Å². The van der Waals surface area contributed by atoms with Crippen molar-refractivity contribution in [1.82, 2.24) is 9.80 Å². The molecular formula is C25H32N2O3. The van der Waals surface area contributed by atoms with Crippen LogP contribution in [0.3, 0.4) is 0 Å². The largest absolute Gasteiger partial charge is 0.493 e. The zero-order valence-corrected chi connectivity index (χ0v) is 18.1. The number of benzene rings is 2. The van der Waals surface area contributed by atoms with Crippen molar-refractivity contribution in [2.45, 2.75) is 39.5 Å². The Morgan fingerprint density at radius 3 is 2.07 bits per heavy atom. The molecule has 0 spiro atoms. The Bertz CT molecular complexity index is 840. The molecule has 1 fully saturated rings. The maximum atomic E-state index is 12.5. The number of rotatable bonds is 8. The average molecular weight is 409 g/mol. The van der Waals surface area contributed by atoms with Gasteiger partial charge >= 0.3 is 0 Å². The molecule has 0 aromatic heterocycles. The molecule has 5 nitrogen and oxygen atoms in total. The van der Waals surface area contributed by atoms with Crippen LogP contribution < -0.4 is 4.74 Å². The molecule has 0 unspecified atom stereocenters. The summed E-state index contributed by atoms with van der Waals surface area (Å²) in [6.07, 6.45) is 2.46. The maximum absolute atomic E-state index is 12.5. The number of nitrogens with zero attached hydrogens (tertiary/aromatic N) is 2. The van der Waals surface area contributed by atoms with E-state index in [1.807, 2.05) is 41.0 Å². The molecule has 2 amide bonds. The van der Waals surface area contributed by atoms with Crippen LogP contribution in [-0.2, 0) is 16.0 Å². The van der Waals surface area contributed by atoms with Gasteiger partial charge in [-0.15, -0.1) is 0 Å². The van der Waals surface area contributed by atoms with E-state index in [-0.39, 0.29) is 11.8 Å². The summed E-state index contributed by atoms with van der Waals surface area (Å²) in [5, 5.41) is 0. The van der Waals surface area contributed by atoms with E-state index in [1.165, 1.54) is 11.1 Å². The van der Waals surface area contributed by atoms with Crippen LogP contribution in [0.5, 0.6) is 5.75 Å². The van der Waals surface area contributed by atoms with Gasteiger partial charge in [0.2, 0.25) is 11.8 Å². The molecule has 0 bridgehead atoms. The first-order valence-electron chi connectivity index (χ1n) is 10.8. The number of amides is 2. The molecule has 0 saturated carbocycles. The maximum Gasteiger partial charge on any atom is 0.223 e. The van der Waals surface area contributed by atoms with Crippen molar-refractivity contribution >= 4 is 11.8 Å². The fourth-order valence-electron chi connectivity index (χ4n) is 3.65. The number of aryl methyl sites for hydroxylation is 3. The fraction of sp³-hybridized carbons (Fsp3) is 0.440. The van der Waals surface area contributed by atoms with Crippen LogP contribution in [0, 0.1) is 13.8 Å². The molecule has 30 heavy (non-hydrogen) atoms. The molecule has 2 aromatic carbocycles. The standard InChI is InChI=1S/C25H32N2O3/c1-20-9-11-22(12-10-20)13-14-25(29)27-17-15-26(16-18-27)24(28)8-5-19-30-23-7-4-3-6-21(23)2/h3-4,6-7,9-12H,5,8,13-19H2,1-2H3. The second kappa shape index (κ2) is 10.8. The van der Waals surface area contributed by atoms with E-state index >= 15 is 0 Å². The zero-order chi connectivity index (χ0) is 21.3. The summed E-state index contributed by atoms with van der Waals surface area (Å²) in [5.74, 6) is 1.20. The number of carbonyl (C=O) groups is 2. The second-order valence-electron chi connectivity index (χ2n) is 7.96. The monoisotopic (exact) mass is 408 g/mol. The summed E-state index contributed by atoms with van der Waals surface area (Å²) >= 11 is 0. The summed E-state index contributed by atoms with van der Waals surface area (Å²) in [7, 11) is 0. The minimum absolute atomic E-state index is 0.148. The second-order valence-corrected chi connectivity index (χ2v) is 7.96. The van der Waals surface area contributed by atoms with Crippen molar-refractivity contribution in [3.05, 3.63) is 65.2 Å². The van der Waals surface area contributed by atoms with Gasteiger partial charge in [-0.25, -0.2) is 0 Å². The van der Waals surface area contributed by atoms with E-state index in [1.54, 1.807) is 0 Å². The molecular weight excluding hydrogens is 376 g/mol. The molecule has 160 valence electrons. The number of para-hydroxylation sites is 1. The lowest BCUT2D eigenvalue weighted by molar-refractivity contribution is -0.139. The van der Waals surface area contributed by atoms with Crippen molar-refractivity contribution in [2.24, 2.45) is 0 Å². The molecule has 3 rings (SSSR count). The molecule has 1 aliphatic heterocycles. The SMILES string of the molecule is Cc1ccc(CCC(=O)N2CCN(C(=O)CCCOc3ccccc3C)CC2)cc1. The van der Waals surface area contributed by atoms with Gasteiger partial charge in [-0.1, -0.05) is 48.0 Å². The molecule has 0 atom stereocenters. The van der Waals surface area contributed by atoms with E-state index in [4.69, 9.17) is 4.74 Å². The smallest absolute Gasteiger partial charge is 0.223 e. The van der Waals surface area contributed by atoms with Crippen molar-refractivity contribution in [1.29, 1.82) is 0 Å². The Labute approximate surface area is 179 Å². The number of carbonyl (C=O) groups excluding carboxylic acids is 2. The van der Waals surface area contributed by atoms with Crippen LogP contribution >= 0.6 is 0 Å². The number of ether oxygens (including phenoxy) is 1. The van der Waals surface area contributed by atoms with E-state index in [0.717, 1.165) is 17.7 Å². The van der Waals surface area contributed by atoms with Crippen LogP contribution in [0.4, 0.5) is 0 Å². The topological polar surface area (TPSA) is 49.9 Å². The molecule has 2 aromatic rings. The Hall–Kier alpha value is -2.82. The van der Waals surface area contributed by atoms with Gasteiger partial charge in [0.1, 0.15) is 5.75 Å². The third kappa shape index (κ3) is 6.34. The fourth-order valence-corrected chi connectivity index (χ4v) is 3.65. The quantitative estimate of drug-likeness (QED) is 0.625. The zero-order valence-electron chi connectivity index (χ0n) is 18.1. The molecule has 5 heteroatoms. The van der Waals surface area contributed by atoms with Gasteiger partial charge < -0.3 is 14.5 Å². The first-order valence-corrected chi connectivity index (χ1v) is 10.8. The van der Waals surface area contributed by atoms with Crippen LogP contribution in [0.25, 0.3) is 0 Å². The van der Waals surface area contributed by atoms with E-state index in [2.05, 4.69) is 31.2 Å². The van der Waals surface area contributed by atoms with Gasteiger partial charge in [0, 0.05) is 39.0 Å². The van der Waals surface area contributed by atoms with E-state index in [0.29, 0.717) is 52.0 Å². The molecule has 0 aliphatic carbocycles. The molecule has 1 heterocycles. The first kappa shape index (κ1) is 21.9. The van der Waals surface area contributed by atoms with E-state index < -0.39 is 0 Å². The highest BCUT2D eigenvalue weighted by molar-refractivity contribution is 5.78. The lowest BCUT2D eigenvalue weighted by atomic mass is 10.1. The Morgan fingerprint density at radius 2 is 1.43 bits per heavy atom. The summed E-state index contributed by atoms with van der Waals surface area (Å²) in [6.45, 7) is 7.10. The minimum Gasteiger partial charge on any atom is -0.493 e. The van der Waals surface area contributed by atoms with Gasteiger partial charge in [0.15, 0.2) is 0 Å². The number of hydrogen-bond donors (Lipinski definition) is 0. The van der Waals surface area contributed by atoms with Crippen LogP contribution in [-0.4, -0.2) is 54.4 Å². The van der Waals surface area contributed by atoms with Crippen molar-refractivity contribution in [3.63, 3.8) is 0 Å². The highest BCUT2D eigenvalue weighted by atomic mass is 16.5. The third-order valence-electron chi connectivity index (χ3n) is 5.62. The van der Waals surface area contributed by atoms with Gasteiger partial charge in [0.25, 0.3) is 0 Å². The minimum atomic E-state index is 0.148. The highest BCUT2D eigenvalue weighted by Gasteiger charge is 2.23. The first-order chi connectivity index (χ1) is 14.5. The summed E-state index contributed by atoms with van der Waals surface area (Å²) in [4.78, 5) is 28.7. The van der Waals surface area contributed by atoms with Gasteiger partial charge in [-0.3, -0.25) is 9.59 Å². The normalized spacial score (nSPS) is 13.9.